The third kappa shape index (κ3) is 4.71. The molecule has 3 aromatic rings. The number of nitrogens with one attached hydrogen (secondary N) is 2. The van der Waals surface area contributed by atoms with Crippen molar-refractivity contribution in [3.63, 3.8) is 0 Å². The van der Waals surface area contributed by atoms with Gasteiger partial charge in [0.1, 0.15) is 6.33 Å². The molecule has 0 atom stereocenters. The smallest absolute Gasteiger partial charge is 0.255 e. The molecule has 0 aliphatic carbocycles. The molecule has 4 rings (SSSR count). The van der Waals surface area contributed by atoms with E-state index in [1.165, 1.54) is 6.33 Å². The predicted octanol–water partition coefficient (Wildman–Crippen LogP) is 3.19. The fourth-order valence-corrected chi connectivity index (χ4v) is 3.68. The van der Waals surface area contributed by atoms with Gasteiger partial charge in [0, 0.05) is 35.8 Å². The lowest BCUT2D eigenvalue weighted by atomic mass is 10.1. The van der Waals surface area contributed by atoms with Crippen LogP contribution < -0.4 is 10.2 Å². The zero-order valence-corrected chi connectivity index (χ0v) is 16.1. The van der Waals surface area contributed by atoms with Crippen LogP contribution in [-0.4, -0.2) is 47.4 Å². The van der Waals surface area contributed by atoms with E-state index in [4.69, 9.17) is 4.74 Å². The molecule has 1 aromatic heterocycles. The molecule has 1 aliphatic rings. The Bertz CT molecular complexity index is 891. The van der Waals surface area contributed by atoms with Crippen molar-refractivity contribution >= 4 is 29.0 Å². The second-order valence-electron chi connectivity index (χ2n) is 6.38. The predicted molar refractivity (Wildman–Crippen MR) is 110 cm³/mol. The summed E-state index contributed by atoms with van der Waals surface area (Å²) in [5, 5.41) is 10.4. The first-order valence-electron chi connectivity index (χ1n) is 9.09. The lowest BCUT2D eigenvalue weighted by Crippen LogP contribution is -2.36. The van der Waals surface area contributed by atoms with Crippen LogP contribution in [0.15, 0.2) is 60.0 Å². The minimum atomic E-state index is -0.117. The Morgan fingerprint density at radius 2 is 1.86 bits per heavy atom. The second-order valence-corrected chi connectivity index (χ2v) is 7.34. The van der Waals surface area contributed by atoms with Gasteiger partial charge in [-0.2, -0.15) is 5.10 Å². The Balaban J connectivity index is 1.32. The highest BCUT2D eigenvalue weighted by Gasteiger charge is 2.11. The number of ether oxygens (including phenoxy) is 1. The molecular weight excluding hydrogens is 374 g/mol. The summed E-state index contributed by atoms with van der Waals surface area (Å²) in [5.41, 5.74) is 3.68. The van der Waals surface area contributed by atoms with E-state index in [1.54, 1.807) is 11.8 Å². The Hall–Kier alpha value is -2.84. The highest BCUT2D eigenvalue weighted by Crippen LogP contribution is 2.21. The molecular formula is C20H21N5O2S. The maximum atomic E-state index is 12.5. The van der Waals surface area contributed by atoms with Crippen LogP contribution in [-0.2, 0) is 10.5 Å². The summed E-state index contributed by atoms with van der Waals surface area (Å²) in [7, 11) is 0. The van der Waals surface area contributed by atoms with Crippen molar-refractivity contribution in [2.45, 2.75) is 10.9 Å². The van der Waals surface area contributed by atoms with Crippen molar-refractivity contribution < 1.29 is 9.53 Å². The molecule has 1 saturated heterocycles. The van der Waals surface area contributed by atoms with Crippen LogP contribution in [0.25, 0.3) is 0 Å². The van der Waals surface area contributed by atoms with Crippen molar-refractivity contribution in [3.05, 3.63) is 66.0 Å². The number of amides is 1. The van der Waals surface area contributed by atoms with Gasteiger partial charge in [-0.15, -0.1) is 0 Å². The van der Waals surface area contributed by atoms with Crippen LogP contribution in [0.4, 0.5) is 11.4 Å². The summed E-state index contributed by atoms with van der Waals surface area (Å²) >= 11 is 1.57. The van der Waals surface area contributed by atoms with Gasteiger partial charge in [-0.05, 0) is 42.0 Å². The average molecular weight is 395 g/mol. The number of aromatic nitrogens is 3. The average Bonchev–Trinajstić information content (AvgIpc) is 3.27. The van der Waals surface area contributed by atoms with Crippen molar-refractivity contribution in [2.24, 2.45) is 0 Å². The van der Waals surface area contributed by atoms with Gasteiger partial charge in [0.2, 0.25) is 0 Å². The third-order valence-electron chi connectivity index (χ3n) is 4.49. The van der Waals surface area contributed by atoms with Gasteiger partial charge in [-0.1, -0.05) is 23.9 Å². The number of nitrogens with zero attached hydrogens (tertiary/aromatic N) is 3. The van der Waals surface area contributed by atoms with Gasteiger partial charge >= 0.3 is 0 Å². The Kier molecular flexibility index (Phi) is 5.89. The van der Waals surface area contributed by atoms with Gasteiger partial charge in [0.05, 0.1) is 13.2 Å². The monoisotopic (exact) mass is 395 g/mol. The van der Waals surface area contributed by atoms with Gasteiger partial charge in [0.25, 0.3) is 5.91 Å². The second kappa shape index (κ2) is 8.90. The van der Waals surface area contributed by atoms with E-state index >= 15 is 0 Å². The van der Waals surface area contributed by atoms with Crippen molar-refractivity contribution in [1.29, 1.82) is 0 Å². The normalized spacial score (nSPS) is 14.1. The van der Waals surface area contributed by atoms with E-state index in [9.17, 15) is 4.79 Å². The van der Waals surface area contributed by atoms with E-state index in [2.05, 4.69) is 25.4 Å². The van der Waals surface area contributed by atoms with E-state index in [0.717, 1.165) is 54.2 Å². The lowest BCUT2D eigenvalue weighted by Gasteiger charge is -2.28. The van der Waals surface area contributed by atoms with Crippen LogP contribution in [0.3, 0.4) is 0 Å². The molecule has 2 aromatic carbocycles. The van der Waals surface area contributed by atoms with Crippen molar-refractivity contribution in [2.75, 3.05) is 36.5 Å². The summed E-state index contributed by atoms with van der Waals surface area (Å²) in [6.07, 6.45) is 1.49. The number of hydrogen-bond donors (Lipinski definition) is 2. The SMILES string of the molecule is O=C(Nc1ccc(N2CCOCC2)cc1)c1ccc(CSc2ncn[nH]2)cc1. The van der Waals surface area contributed by atoms with E-state index in [1.807, 2.05) is 48.5 Å². The summed E-state index contributed by atoms with van der Waals surface area (Å²) in [6.45, 7) is 3.30. The van der Waals surface area contributed by atoms with Crippen molar-refractivity contribution in [1.82, 2.24) is 15.2 Å². The minimum absolute atomic E-state index is 0.117. The van der Waals surface area contributed by atoms with Crippen LogP contribution in [0.2, 0.25) is 0 Å². The summed E-state index contributed by atoms with van der Waals surface area (Å²) < 4.78 is 5.38. The largest absolute Gasteiger partial charge is 0.378 e. The Morgan fingerprint density at radius 3 is 2.54 bits per heavy atom. The molecule has 144 valence electrons. The zero-order chi connectivity index (χ0) is 19.2. The molecule has 0 spiro atoms. The zero-order valence-electron chi connectivity index (χ0n) is 15.3. The summed E-state index contributed by atoms with van der Waals surface area (Å²) in [4.78, 5) is 18.9. The van der Waals surface area contributed by atoms with Gasteiger partial charge in [-0.3, -0.25) is 9.89 Å². The van der Waals surface area contributed by atoms with Gasteiger partial charge in [-0.25, -0.2) is 4.98 Å². The molecule has 7 nitrogen and oxygen atoms in total. The van der Waals surface area contributed by atoms with E-state index < -0.39 is 0 Å². The molecule has 2 heterocycles. The Morgan fingerprint density at radius 1 is 1.11 bits per heavy atom. The minimum Gasteiger partial charge on any atom is -0.378 e. The summed E-state index contributed by atoms with van der Waals surface area (Å²) in [5.74, 6) is 0.647. The highest BCUT2D eigenvalue weighted by molar-refractivity contribution is 7.98. The molecule has 28 heavy (non-hydrogen) atoms. The molecule has 0 radical (unpaired) electrons. The van der Waals surface area contributed by atoms with Gasteiger partial charge in [0.15, 0.2) is 5.16 Å². The number of aromatic amines is 1. The van der Waals surface area contributed by atoms with Crippen LogP contribution in [0.5, 0.6) is 0 Å². The third-order valence-corrected chi connectivity index (χ3v) is 5.43. The molecule has 0 saturated carbocycles. The first-order valence-corrected chi connectivity index (χ1v) is 10.1. The quantitative estimate of drug-likeness (QED) is 0.624. The number of rotatable bonds is 6. The molecule has 0 unspecified atom stereocenters. The van der Waals surface area contributed by atoms with Crippen LogP contribution in [0.1, 0.15) is 15.9 Å². The fraction of sp³-hybridized carbons (Fsp3) is 0.250. The molecule has 1 fully saturated rings. The molecule has 2 N–H and O–H groups in total. The number of anilines is 2. The Labute approximate surface area is 167 Å². The maximum Gasteiger partial charge on any atom is 0.255 e. The van der Waals surface area contributed by atoms with Crippen LogP contribution >= 0.6 is 11.8 Å². The topological polar surface area (TPSA) is 83.1 Å². The number of morpholine rings is 1. The van der Waals surface area contributed by atoms with E-state index in [-0.39, 0.29) is 5.91 Å². The molecule has 1 aliphatic heterocycles. The first kappa shape index (κ1) is 18.5. The van der Waals surface area contributed by atoms with E-state index in [0.29, 0.717) is 5.56 Å². The highest BCUT2D eigenvalue weighted by atomic mass is 32.2. The number of thioether (sulfide) groups is 1. The number of benzene rings is 2. The first-order chi connectivity index (χ1) is 13.8. The fourth-order valence-electron chi connectivity index (χ4n) is 2.95. The molecule has 0 bridgehead atoms. The lowest BCUT2D eigenvalue weighted by molar-refractivity contribution is 0.102. The number of H-pyrrole nitrogens is 1. The van der Waals surface area contributed by atoms with Gasteiger partial charge < -0.3 is 15.0 Å². The molecule has 8 heteroatoms. The van der Waals surface area contributed by atoms with Crippen LogP contribution in [0, 0.1) is 0 Å². The maximum absolute atomic E-state index is 12.5. The summed E-state index contributed by atoms with van der Waals surface area (Å²) in [6, 6.07) is 15.5. The standard InChI is InChI=1S/C20H21N5O2S/c26-19(16-3-1-15(2-4-16)13-28-20-21-14-22-24-20)23-17-5-7-18(8-6-17)25-9-11-27-12-10-25/h1-8,14H,9-13H2,(H,23,26)(H,21,22,24). The molecule has 1 amide bonds. The number of hydrogen-bond acceptors (Lipinski definition) is 6. The number of carbonyl (C=O) groups is 1. The number of carbonyl (C=O) groups excluding carboxylic acids is 1. The van der Waals surface area contributed by atoms with Crippen molar-refractivity contribution in [3.8, 4) is 0 Å².